The molecule has 1 aliphatic heterocycles. The van der Waals surface area contributed by atoms with Gasteiger partial charge in [-0.25, -0.2) is 0 Å². The van der Waals surface area contributed by atoms with E-state index in [1.54, 1.807) is 6.08 Å². The number of rotatable bonds is 5. The lowest BCUT2D eigenvalue weighted by atomic mass is 10.1. The zero-order valence-corrected chi connectivity index (χ0v) is 7.87. The molecule has 5 heteroatoms. The molecule has 0 aliphatic carbocycles. The third kappa shape index (κ3) is 2.52. The van der Waals surface area contributed by atoms with Gasteiger partial charge in [-0.2, -0.15) is 0 Å². The van der Waals surface area contributed by atoms with Crippen LogP contribution in [0.15, 0.2) is 12.7 Å². The maximum atomic E-state index is 9.47. The van der Waals surface area contributed by atoms with Crippen molar-refractivity contribution < 1.29 is 24.8 Å². The molecule has 3 N–H and O–H groups in total. The van der Waals surface area contributed by atoms with E-state index in [4.69, 9.17) is 14.6 Å². The van der Waals surface area contributed by atoms with Crippen LogP contribution < -0.4 is 0 Å². The van der Waals surface area contributed by atoms with Gasteiger partial charge in [0.2, 0.25) is 0 Å². The average molecular weight is 204 g/mol. The van der Waals surface area contributed by atoms with Crippen molar-refractivity contribution in [2.24, 2.45) is 0 Å². The molecule has 14 heavy (non-hydrogen) atoms. The minimum atomic E-state index is -1.04. The highest BCUT2D eigenvalue weighted by Crippen LogP contribution is 2.21. The van der Waals surface area contributed by atoms with Gasteiger partial charge < -0.3 is 24.8 Å². The first-order valence-electron chi connectivity index (χ1n) is 4.51. The molecular formula is C9H16O5. The van der Waals surface area contributed by atoms with E-state index in [0.29, 0.717) is 6.61 Å². The average Bonchev–Trinajstić information content (AvgIpc) is 2.46. The molecule has 0 unspecified atom stereocenters. The molecule has 4 atom stereocenters. The zero-order valence-electron chi connectivity index (χ0n) is 7.87. The van der Waals surface area contributed by atoms with Crippen LogP contribution in [0.3, 0.4) is 0 Å². The van der Waals surface area contributed by atoms with Gasteiger partial charge in [0, 0.05) is 0 Å². The summed E-state index contributed by atoms with van der Waals surface area (Å²) in [5, 5.41) is 27.6. The topological polar surface area (TPSA) is 79.2 Å². The van der Waals surface area contributed by atoms with E-state index in [2.05, 4.69) is 6.58 Å². The Kier molecular flexibility index (Phi) is 4.50. The van der Waals surface area contributed by atoms with Gasteiger partial charge >= 0.3 is 0 Å². The summed E-state index contributed by atoms with van der Waals surface area (Å²) in [6, 6.07) is 0. The summed E-state index contributed by atoms with van der Waals surface area (Å²) in [5.74, 6) is 0. The van der Waals surface area contributed by atoms with Crippen molar-refractivity contribution in [3.63, 3.8) is 0 Å². The molecule has 1 rings (SSSR count). The lowest BCUT2D eigenvalue weighted by molar-refractivity contribution is -0.0519. The fourth-order valence-corrected chi connectivity index (χ4v) is 1.38. The van der Waals surface area contributed by atoms with Crippen LogP contribution in [0.25, 0.3) is 0 Å². The Morgan fingerprint density at radius 2 is 1.93 bits per heavy atom. The Labute approximate surface area is 82.6 Å². The molecule has 1 aliphatic rings. The maximum Gasteiger partial charge on any atom is 0.111 e. The number of hydrogen-bond acceptors (Lipinski definition) is 5. The molecule has 0 spiro atoms. The quantitative estimate of drug-likeness (QED) is 0.382. The van der Waals surface area contributed by atoms with Gasteiger partial charge in [-0.15, -0.1) is 6.58 Å². The first-order chi connectivity index (χ1) is 6.70. The van der Waals surface area contributed by atoms with Crippen LogP contribution in [0.2, 0.25) is 0 Å². The lowest BCUT2D eigenvalue weighted by Crippen LogP contribution is -2.35. The van der Waals surface area contributed by atoms with E-state index in [9.17, 15) is 10.2 Å². The van der Waals surface area contributed by atoms with E-state index in [1.807, 2.05) is 0 Å². The van der Waals surface area contributed by atoms with E-state index >= 15 is 0 Å². The summed E-state index contributed by atoms with van der Waals surface area (Å²) >= 11 is 0. The monoisotopic (exact) mass is 204 g/mol. The van der Waals surface area contributed by atoms with Crippen molar-refractivity contribution in [3.8, 4) is 0 Å². The van der Waals surface area contributed by atoms with Gasteiger partial charge in [-0.05, 0) is 0 Å². The Balaban J connectivity index is 2.36. The van der Waals surface area contributed by atoms with E-state index in [-0.39, 0.29) is 13.2 Å². The molecule has 0 aromatic carbocycles. The van der Waals surface area contributed by atoms with Crippen molar-refractivity contribution in [1.29, 1.82) is 0 Å². The molecule has 0 amide bonds. The van der Waals surface area contributed by atoms with Crippen LogP contribution in [0, 0.1) is 0 Å². The Hall–Kier alpha value is -0.460. The number of aliphatic hydroxyl groups excluding tert-OH is 3. The fraction of sp³-hybridized carbons (Fsp3) is 0.778. The Morgan fingerprint density at radius 1 is 1.29 bits per heavy atom. The van der Waals surface area contributed by atoms with Gasteiger partial charge in [0.05, 0.1) is 19.8 Å². The van der Waals surface area contributed by atoms with Crippen molar-refractivity contribution >= 4 is 0 Å². The Morgan fingerprint density at radius 3 is 2.43 bits per heavy atom. The molecule has 1 saturated heterocycles. The summed E-state index contributed by atoms with van der Waals surface area (Å²) < 4.78 is 10.3. The van der Waals surface area contributed by atoms with Crippen molar-refractivity contribution in [3.05, 3.63) is 12.7 Å². The minimum Gasteiger partial charge on any atom is -0.394 e. The lowest BCUT2D eigenvalue weighted by Gasteiger charge is -2.13. The standard InChI is InChI=1S/C9H16O5/c1-2-3-13-5-7-9(12)8(11)6(4-10)14-7/h2,6-12H,1,3-5H2/t6-,7+,8-,9-/m1/s1. The van der Waals surface area contributed by atoms with Gasteiger partial charge in [-0.3, -0.25) is 0 Å². The number of hydrogen-bond donors (Lipinski definition) is 3. The predicted molar refractivity (Wildman–Crippen MR) is 48.8 cm³/mol. The van der Waals surface area contributed by atoms with Crippen LogP contribution in [0.4, 0.5) is 0 Å². The van der Waals surface area contributed by atoms with Gasteiger partial charge in [-0.1, -0.05) is 6.08 Å². The summed E-state index contributed by atoms with van der Waals surface area (Å²) in [6.07, 6.45) is -1.76. The third-order valence-corrected chi connectivity index (χ3v) is 2.16. The summed E-state index contributed by atoms with van der Waals surface area (Å²) in [6.45, 7) is 3.71. The highest BCUT2D eigenvalue weighted by molar-refractivity contribution is 4.90. The maximum absolute atomic E-state index is 9.47. The van der Waals surface area contributed by atoms with Crippen LogP contribution in [0.5, 0.6) is 0 Å². The van der Waals surface area contributed by atoms with Crippen LogP contribution in [-0.4, -0.2) is 59.6 Å². The second kappa shape index (κ2) is 5.43. The largest absolute Gasteiger partial charge is 0.394 e. The van der Waals surface area contributed by atoms with Crippen LogP contribution in [-0.2, 0) is 9.47 Å². The van der Waals surface area contributed by atoms with Crippen LogP contribution >= 0.6 is 0 Å². The van der Waals surface area contributed by atoms with Gasteiger partial charge in [0.15, 0.2) is 0 Å². The highest BCUT2D eigenvalue weighted by Gasteiger charge is 2.42. The SMILES string of the molecule is C=CCOC[C@@H]1O[C@H](CO)[C@@H](O)[C@@H]1O. The normalized spacial score (nSPS) is 37.4. The molecule has 82 valence electrons. The molecule has 5 nitrogen and oxygen atoms in total. The van der Waals surface area contributed by atoms with E-state index in [0.717, 1.165) is 0 Å². The number of aliphatic hydroxyl groups is 3. The molecule has 1 heterocycles. The first-order valence-corrected chi connectivity index (χ1v) is 4.51. The number of ether oxygens (including phenoxy) is 2. The second-order valence-corrected chi connectivity index (χ2v) is 3.20. The predicted octanol–water partition coefficient (Wildman–Crippen LogP) is -1.33. The third-order valence-electron chi connectivity index (χ3n) is 2.16. The second-order valence-electron chi connectivity index (χ2n) is 3.20. The molecule has 1 fully saturated rings. The summed E-state index contributed by atoms with van der Waals surface area (Å²) in [7, 11) is 0. The zero-order chi connectivity index (χ0) is 10.6. The Bertz CT molecular complexity index is 184. The van der Waals surface area contributed by atoms with Crippen molar-refractivity contribution in [1.82, 2.24) is 0 Å². The van der Waals surface area contributed by atoms with Gasteiger partial charge in [0.25, 0.3) is 0 Å². The molecular weight excluding hydrogens is 188 g/mol. The van der Waals surface area contributed by atoms with E-state index in [1.165, 1.54) is 0 Å². The van der Waals surface area contributed by atoms with Crippen molar-refractivity contribution in [2.45, 2.75) is 24.4 Å². The van der Waals surface area contributed by atoms with E-state index < -0.39 is 24.4 Å². The smallest absolute Gasteiger partial charge is 0.111 e. The van der Waals surface area contributed by atoms with Crippen LogP contribution in [0.1, 0.15) is 0 Å². The van der Waals surface area contributed by atoms with Crippen molar-refractivity contribution in [2.75, 3.05) is 19.8 Å². The fourth-order valence-electron chi connectivity index (χ4n) is 1.38. The minimum absolute atomic E-state index is 0.181. The molecule has 0 aromatic heterocycles. The summed E-state index contributed by atoms with van der Waals surface area (Å²) in [5.41, 5.74) is 0. The first kappa shape index (κ1) is 11.6. The molecule has 0 aromatic rings. The van der Waals surface area contributed by atoms with Gasteiger partial charge in [0.1, 0.15) is 24.4 Å². The summed E-state index contributed by atoms with van der Waals surface area (Å²) in [4.78, 5) is 0. The molecule has 0 radical (unpaired) electrons. The highest BCUT2D eigenvalue weighted by atomic mass is 16.6. The molecule has 0 bridgehead atoms. The molecule has 0 saturated carbocycles.